The van der Waals surface area contributed by atoms with Gasteiger partial charge in [-0.2, -0.15) is 0 Å². The lowest BCUT2D eigenvalue weighted by atomic mass is 10.2. The molecule has 2 aromatic heterocycles. The molecule has 106 valence electrons. The second-order valence-electron chi connectivity index (χ2n) is 4.78. The molecular weight excluding hydrogens is 256 g/mol. The van der Waals surface area contributed by atoms with Gasteiger partial charge in [0.05, 0.1) is 32.6 Å². The van der Waals surface area contributed by atoms with Crippen LogP contribution in [0.3, 0.4) is 0 Å². The van der Waals surface area contributed by atoms with Crippen molar-refractivity contribution < 1.29 is 13.9 Å². The zero-order valence-electron chi connectivity index (χ0n) is 11.3. The van der Waals surface area contributed by atoms with Crippen molar-refractivity contribution in [2.45, 2.75) is 19.4 Å². The Balaban J connectivity index is 1.65. The molecule has 5 nitrogen and oxygen atoms in total. The highest BCUT2D eigenvalue weighted by molar-refractivity contribution is 5.08. The molecule has 1 aliphatic heterocycles. The lowest BCUT2D eigenvalue weighted by molar-refractivity contribution is -0.0654. The molecule has 0 unspecified atom stereocenters. The van der Waals surface area contributed by atoms with Gasteiger partial charge in [-0.25, -0.2) is 0 Å². The van der Waals surface area contributed by atoms with Gasteiger partial charge in [0, 0.05) is 18.9 Å². The van der Waals surface area contributed by atoms with E-state index in [1.807, 2.05) is 24.4 Å². The van der Waals surface area contributed by atoms with Crippen LogP contribution >= 0.6 is 0 Å². The first kappa shape index (κ1) is 13.3. The summed E-state index contributed by atoms with van der Waals surface area (Å²) in [6.07, 6.45) is 5.21. The van der Waals surface area contributed by atoms with Crippen molar-refractivity contribution in [3.05, 3.63) is 54.2 Å². The van der Waals surface area contributed by atoms with E-state index >= 15 is 0 Å². The van der Waals surface area contributed by atoms with Gasteiger partial charge in [0.25, 0.3) is 0 Å². The molecule has 0 amide bonds. The van der Waals surface area contributed by atoms with Crippen LogP contribution < -0.4 is 0 Å². The maximum absolute atomic E-state index is 5.53. The Morgan fingerprint density at radius 1 is 1.15 bits per heavy atom. The number of hydrogen-bond donors (Lipinski definition) is 0. The van der Waals surface area contributed by atoms with Gasteiger partial charge in [0.1, 0.15) is 5.76 Å². The van der Waals surface area contributed by atoms with Crippen molar-refractivity contribution in [1.82, 2.24) is 9.88 Å². The first-order chi connectivity index (χ1) is 9.90. The molecule has 1 aliphatic rings. The summed E-state index contributed by atoms with van der Waals surface area (Å²) in [5.41, 5.74) is 1.16. The van der Waals surface area contributed by atoms with E-state index in [2.05, 4.69) is 16.0 Å². The number of aromatic nitrogens is 1. The summed E-state index contributed by atoms with van der Waals surface area (Å²) in [7, 11) is 0. The standard InChI is InChI=1S/C15H18N2O3/c1-3-13(9-16-5-1)10-17(11-14-4-2-6-18-14)12-15-19-7-8-20-15/h1-6,9,15H,7-8,10-12H2. The molecule has 0 aliphatic carbocycles. The summed E-state index contributed by atoms with van der Waals surface area (Å²) >= 11 is 0. The minimum Gasteiger partial charge on any atom is -0.468 e. The van der Waals surface area contributed by atoms with E-state index < -0.39 is 0 Å². The molecule has 0 radical (unpaired) electrons. The van der Waals surface area contributed by atoms with Crippen LogP contribution in [0, 0.1) is 0 Å². The molecular formula is C15H18N2O3. The zero-order valence-corrected chi connectivity index (χ0v) is 11.3. The molecule has 20 heavy (non-hydrogen) atoms. The Morgan fingerprint density at radius 3 is 2.75 bits per heavy atom. The maximum atomic E-state index is 5.53. The van der Waals surface area contributed by atoms with Crippen LogP contribution in [0.25, 0.3) is 0 Å². The second-order valence-corrected chi connectivity index (χ2v) is 4.78. The van der Waals surface area contributed by atoms with Gasteiger partial charge in [-0.1, -0.05) is 6.07 Å². The molecule has 3 heterocycles. The molecule has 0 aromatic carbocycles. The fourth-order valence-electron chi connectivity index (χ4n) is 2.28. The van der Waals surface area contributed by atoms with Crippen molar-refractivity contribution in [2.75, 3.05) is 19.8 Å². The number of ether oxygens (including phenoxy) is 2. The fourth-order valence-corrected chi connectivity index (χ4v) is 2.28. The Hall–Kier alpha value is -1.69. The van der Waals surface area contributed by atoms with Gasteiger partial charge >= 0.3 is 0 Å². The molecule has 0 spiro atoms. The second kappa shape index (κ2) is 6.65. The van der Waals surface area contributed by atoms with Crippen molar-refractivity contribution in [3.8, 4) is 0 Å². The van der Waals surface area contributed by atoms with Crippen molar-refractivity contribution in [2.24, 2.45) is 0 Å². The molecule has 0 bridgehead atoms. The molecule has 1 saturated heterocycles. The Morgan fingerprint density at radius 2 is 2.05 bits per heavy atom. The van der Waals surface area contributed by atoms with E-state index in [9.17, 15) is 0 Å². The average molecular weight is 274 g/mol. The van der Waals surface area contributed by atoms with Gasteiger partial charge in [-0.15, -0.1) is 0 Å². The Labute approximate surface area is 118 Å². The summed E-state index contributed by atoms with van der Waals surface area (Å²) in [5.74, 6) is 0.937. The normalized spacial score (nSPS) is 16.1. The lowest BCUT2D eigenvalue weighted by Crippen LogP contribution is -2.32. The van der Waals surface area contributed by atoms with Crippen LogP contribution in [0.2, 0.25) is 0 Å². The van der Waals surface area contributed by atoms with Gasteiger partial charge in [-0.3, -0.25) is 9.88 Å². The van der Waals surface area contributed by atoms with Crippen molar-refractivity contribution in [1.29, 1.82) is 0 Å². The summed E-state index contributed by atoms with van der Waals surface area (Å²) in [6, 6.07) is 7.90. The predicted molar refractivity (Wildman–Crippen MR) is 72.8 cm³/mol. The summed E-state index contributed by atoms with van der Waals surface area (Å²) in [5, 5.41) is 0. The highest BCUT2D eigenvalue weighted by Gasteiger charge is 2.20. The molecule has 0 saturated carbocycles. The third kappa shape index (κ3) is 3.66. The monoisotopic (exact) mass is 274 g/mol. The summed E-state index contributed by atoms with van der Waals surface area (Å²) in [6.45, 7) is 3.58. The van der Waals surface area contributed by atoms with Crippen LogP contribution in [-0.4, -0.2) is 35.9 Å². The van der Waals surface area contributed by atoms with Crippen LogP contribution in [-0.2, 0) is 22.6 Å². The topological polar surface area (TPSA) is 47.7 Å². The van der Waals surface area contributed by atoms with E-state index in [0.717, 1.165) is 31.0 Å². The highest BCUT2D eigenvalue weighted by Crippen LogP contribution is 2.13. The summed E-state index contributed by atoms with van der Waals surface area (Å²) in [4.78, 5) is 6.40. The third-order valence-electron chi connectivity index (χ3n) is 3.19. The third-order valence-corrected chi connectivity index (χ3v) is 3.19. The van der Waals surface area contributed by atoms with Crippen LogP contribution in [0.5, 0.6) is 0 Å². The molecule has 2 aromatic rings. The zero-order chi connectivity index (χ0) is 13.6. The predicted octanol–water partition coefficient (Wildman–Crippen LogP) is 2.05. The van der Waals surface area contributed by atoms with Crippen molar-refractivity contribution >= 4 is 0 Å². The number of hydrogen-bond acceptors (Lipinski definition) is 5. The highest BCUT2D eigenvalue weighted by atomic mass is 16.7. The SMILES string of the molecule is c1cncc(CN(Cc2ccco2)CC2OCCO2)c1. The minimum atomic E-state index is -0.151. The number of furan rings is 1. The fraction of sp³-hybridized carbons (Fsp3) is 0.400. The first-order valence-corrected chi connectivity index (χ1v) is 6.77. The van der Waals surface area contributed by atoms with E-state index in [1.165, 1.54) is 0 Å². The Kier molecular flexibility index (Phi) is 4.42. The van der Waals surface area contributed by atoms with Gasteiger partial charge in [0.2, 0.25) is 0 Å². The van der Waals surface area contributed by atoms with Crippen LogP contribution in [0.15, 0.2) is 47.3 Å². The van der Waals surface area contributed by atoms with Gasteiger partial charge in [0.15, 0.2) is 6.29 Å². The molecule has 5 heteroatoms. The van der Waals surface area contributed by atoms with Crippen LogP contribution in [0.1, 0.15) is 11.3 Å². The maximum Gasteiger partial charge on any atom is 0.170 e. The number of rotatable bonds is 6. The molecule has 3 rings (SSSR count). The number of nitrogens with zero attached hydrogens (tertiary/aromatic N) is 2. The van der Waals surface area contributed by atoms with E-state index in [0.29, 0.717) is 13.2 Å². The van der Waals surface area contributed by atoms with Gasteiger partial charge < -0.3 is 13.9 Å². The minimum absolute atomic E-state index is 0.151. The molecule has 1 fully saturated rings. The molecule has 0 atom stereocenters. The largest absolute Gasteiger partial charge is 0.468 e. The van der Waals surface area contributed by atoms with Crippen LogP contribution in [0.4, 0.5) is 0 Å². The smallest absolute Gasteiger partial charge is 0.170 e. The Bertz CT molecular complexity index is 495. The van der Waals surface area contributed by atoms with E-state index in [4.69, 9.17) is 13.9 Å². The van der Waals surface area contributed by atoms with Crippen molar-refractivity contribution in [3.63, 3.8) is 0 Å². The number of pyridine rings is 1. The lowest BCUT2D eigenvalue weighted by Gasteiger charge is -2.23. The average Bonchev–Trinajstić information content (AvgIpc) is 3.13. The molecule has 0 N–H and O–H groups in total. The van der Waals surface area contributed by atoms with Gasteiger partial charge in [-0.05, 0) is 23.8 Å². The summed E-state index contributed by atoms with van der Waals surface area (Å²) < 4.78 is 16.5. The van der Waals surface area contributed by atoms with E-state index in [-0.39, 0.29) is 6.29 Å². The first-order valence-electron chi connectivity index (χ1n) is 6.77. The quantitative estimate of drug-likeness (QED) is 0.807. The van der Waals surface area contributed by atoms with E-state index in [1.54, 1.807) is 12.5 Å².